The Morgan fingerprint density at radius 3 is 3.11 bits per heavy atom. The van der Waals surface area contributed by atoms with Gasteiger partial charge in [-0.1, -0.05) is 20.3 Å². The number of nitrogens with one attached hydrogen (secondary N) is 2. The minimum Gasteiger partial charge on any atom is -0.385 e. The lowest BCUT2D eigenvalue weighted by Gasteiger charge is -2.18. The van der Waals surface area contributed by atoms with E-state index in [-0.39, 0.29) is 5.91 Å². The van der Waals surface area contributed by atoms with Crippen LogP contribution in [0.1, 0.15) is 26.7 Å². The number of rotatable bonds is 5. The standard InChI is InChI=1S/C14H20N2OS/c1-3-4-10(2)8-15-11-5-6-13-12(7-11)16-14(17)9-18-13/h5-7,10,15H,3-4,8-9H2,1-2H3,(H,16,17). The van der Waals surface area contributed by atoms with Gasteiger partial charge in [0.15, 0.2) is 0 Å². The fraction of sp³-hybridized carbons (Fsp3) is 0.500. The Morgan fingerprint density at radius 2 is 2.33 bits per heavy atom. The summed E-state index contributed by atoms with van der Waals surface area (Å²) in [7, 11) is 0. The quantitative estimate of drug-likeness (QED) is 0.854. The fourth-order valence-electron chi connectivity index (χ4n) is 2.08. The van der Waals surface area contributed by atoms with Crippen LogP contribution in [0.25, 0.3) is 0 Å². The van der Waals surface area contributed by atoms with E-state index >= 15 is 0 Å². The van der Waals surface area contributed by atoms with Crippen molar-refractivity contribution in [1.29, 1.82) is 0 Å². The third-order valence-electron chi connectivity index (χ3n) is 3.05. The first-order valence-electron chi connectivity index (χ1n) is 6.49. The molecule has 1 atom stereocenters. The molecule has 2 N–H and O–H groups in total. The second kappa shape index (κ2) is 6.14. The molecule has 0 aliphatic carbocycles. The van der Waals surface area contributed by atoms with Crippen molar-refractivity contribution >= 4 is 29.0 Å². The first-order chi connectivity index (χ1) is 8.69. The second-order valence-corrected chi connectivity index (χ2v) is 5.84. The minimum absolute atomic E-state index is 0.0870. The van der Waals surface area contributed by atoms with Gasteiger partial charge in [-0.2, -0.15) is 0 Å². The van der Waals surface area contributed by atoms with Crippen molar-refractivity contribution in [2.24, 2.45) is 5.92 Å². The van der Waals surface area contributed by atoms with Crippen molar-refractivity contribution in [3.05, 3.63) is 18.2 Å². The van der Waals surface area contributed by atoms with Gasteiger partial charge in [0.25, 0.3) is 0 Å². The molecule has 0 spiro atoms. The molecule has 1 aromatic carbocycles. The van der Waals surface area contributed by atoms with Gasteiger partial charge in [0.05, 0.1) is 11.4 Å². The molecule has 2 rings (SSSR count). The maximum Gasteiger partial charge on any atom is 0.234 e. The molecule has 1 unspecified atom stereocenters. The molecule has 18 heavy (non-hydrogen) atoms. The van der Waals surface area contributed by atoms with Crippen molar-refractivity contribution < 1.29 is 4.79 Å². The number of amides is 1. The second-order valence-electron chi connectivity index (χ2n) is 4.82. The van der Waals surface area contributed by atoms with Crippen LogP contribution in [0.4, 0.5) is 11.4 Å². The van der Waals surface area contributed by atoms with Crippen LogP contribution in [-0.4, -0.2) is 18.2 Å². The van der Waals surface area contributed by atoms with Crippen LogP contribution in [0.5, 0.6) is 0 Å². The van der Waals surface area contributed by atoms with E-state index in [2.05, 4.69) is 36.6 Å². The van der Waals surface area contributed by atoms with Crippen molar-refractivity contribution in [3.63, 3.8) is 0 Å². The fourth-order valence-corrected chi connectivity index (χ4v) is 2.87. The highest BCUT2D eigenvalue weighted by atomic mass is 32.2. The van der Waals surface area contributed by atoms with E-state index in [1.54, 1.807) is 11.8 Å². The molecule has 1 aliphatic heterocycles. The molecule has 0 fully saturated rings. The molecule has 0 saturated heterocycles. The number of benzene rings is 1. The Kier molecular flexibility index (Phi) is 4.53. The van der Waals surface area contributed by atoms with Gasteiger partial charge in [-0.3, -0.25) is 4.79 Å². The SMILES string of the molecule is CCCC(C)CNc1ccc2c(c1)NC(=O)CS2. The summed E-state index contributed by atoms with van der Waals surface area (Å²) in [5.74, 6) is 1.28. The van der Waals surface area contributed by atoms with Gasteiger partial charge in [0, 0.05) is 17.1 Å². The molecule has 1 amide bonds. The van der Waals surface area contributed by atoms with Crippen molar-refractivity contribution in [1.82, 2.24) is 0 Å². The van der Waals surface area contributed by atoms with Crippen molar-refractivity contribution in [2.75, 3.05) is 22.9 Å². The number of carbonyl (C=O) groups excluding carboxylic acids is 1. The Bertz CT molecular complexity index is 434. The zero-order valence-electron chi connectivity index (χ0n) is 11.0. The predicted octanol–water partition coefficient (Wildman–Crippen LogP) is 3.58. The summed E-state index contributed by atoms with van der Waals surface area (Å²) >= 11 is 1.60. The number of carbonyl (C=O) groups is 1. The van der Waals surface area contributed by atoms with Crippen LogP contribution in [0.3, 0.4) is 0 Å². The van der Waals surface area contributed by atoms with Crippen LogP contribution >= 0.6 is 11.8 Å². The molecule has 98 valence electrons. The summed E-state index contributed by atoms with van der Waals surface area (Å²) in [5, 5.41) is 6.35. The number of fused-ring (bicyclic) bond motifs is 1. The van der Waals surface area contributed by atoms with E-state index in [0.717, 1.165) is 22.8 Å². The summed E-state index contributed by atoms with van der Waals surface area (Å²) in [6.45, 7) is 5.45. The van der Waals surface area contributed by atoms with Gasteiger partial charge in [0.2, 0.25) is 5.91 Å². The Hall–Kier alpha value is -1.16. The molecular formula is C14H20N2OS. The highest BCUT2D eigenvalue weighted by Gasteiger charge is 2.15. The first kappa shape index (κ1) is 13.3. The molecule has 0 saturated carbocycles. The van der Waals surface area contributed by atoms with Crippen LogP contribution in [0.2, 0.25) is 0 Å². The summed E-state index contributed by atoms with van der Waals surface area (Å²) in [6.07, 6.45) is 2.46. The lowest BCUT2D eigenvalue weighted by Crippen LogP contribution is -2.19. The van der Waals surface area contributed by atoms with Crippen LogP contribution in [0.15, 0.2) is 23.1 Å². The highest BCUT2D eigenvalue weighted by molar-refractivity contribution is 8.00. The van der Waals surface area contributed by atoms with Gasteiger partial charge < -0.3 is 10.6 Å². The van der Waals surface area contributed by atoms with E-state index in [4.69, 9.17) is 0 Å². The number of thioether (sulfide) groups is 1. The van der Waals surface area contributed by atoms with E-state index in [0.29, 0.717) is 11.7 Å². The van der Waals surface area contributed by atoms with Crippen molar-refractivity contribution in [3.8, 4) is 0 Å². The monoisotopic (exact) mass is 264 g/mol. The van der Waals surface area contributed by atoms with Gasteiger partial charge in [-0.05, 0) is 30.5 Å². The smallest absolute Gasteiger partial charge is 0.234 e. The molecule has 1 heterocycles. The Balaban J connectivity index is 1.98. The van der Waals surface area contributed by atoms with Gasteiger partial charge in [0.1, 0.15) is 0 Å². The third kappa shape index (κ3) is 3.42. The van der Waals surface area contributed by atoms with Gasteiger partial charge in [-0.25, -0.2) is 0 Å². The maximum atomic E-state index is 11.3. The summed E-state index contributed by atoms with van der Waals surface area (Å²) < 4.78 is 0. The third-order valence-corrected chi connectivity index (χ3v) is 4.12. The lowest BCUT2D eigenvalue weighted by molar-refractivity contribution is -0.113. The van der Waals surface area contributed by atoms with Gasteiger partial charge in [-0.15, -0.1) is 11.8 Å². The zero-order chi connectivity index (χ0) is 13.0. The van der Waals surface area contributed by atoms with Gasteiger partial charge >= 0.3 is 0 Å². The molecule has 0 radical (unpaired) electrons. The number of hydrogen-bond donors (Lipinski definition) is 2. The summed E-state index contributed by atoms with van der Waals surface area (Å²) in [6, 6.07) is 6.19. The van der Waals surface area contributed by atoms with Crippen LogP contribution < -0.4 is 10.6 Å². The maximum absolute atomic E-state index is 11.3. The van der Waals surface area contributed by atoms with E-state index in [1.807, 2.05) is 6.07 Å². The number of hydrogen-bond acceptors (Lipinski definition) is 3. The average molecular weight is 264 g/mol. The zero-order valence-corrected chi connectivity index (χ0v) is 11.8. The highest BCUT2D eigenvalue weighted by Crippen LogP contribution is 2.33. The molecule has 4 heteroatoms. The minimum atomic E-state index is 0.0870. The molecule has 1 aromatic rings. The van der Waals surface area contributed by atoms with E-state index in [1.165, 1.54) is 12.8 Å². The van der Waals surface area contributed by atoms with E-state index < -0.39 is 0 Å². The Labute approximate surface area is 113 Å². The number of anilines is 2. The summed E-state index contributed by atoms with van der Waals surface area (Å²) in [4.78, 5) is 12.5. The van der Waals surface area contributed by atoms with E-state index in [9.17, 15) is 4.79 Å². The molecule has 3 nitrogen and oxygen atoms in total. The topological polar surface area (TPSA) is 41.1 Å². The summed E-state index contributed by atoms with van der Waals surface area (Å²) in [5.41, 5.74) is 2.02. The molecule has 1 aliphatic rings. The Morgan fingerprint density at radius 1 is 1.50 bits per heavy atom. The molecular weight excluding hydrogens is 244 g/mol. The first-order valence-corrected chi connectivity index (χ1v) is 7.48. The molecule has 0 bridgehead atoms. The molecule has 0 aromatic heterocycles. The van der Waals surface area contributed by atoms with Crippen LogP contribution in [0, 0.1) is 5.92 Å². The largest absolute Gasteiger partial charge is 0.385 e. The van der Waals surface area contributed by atoms with Crippen LogP contribution in [-0.2, 0) is 4.79 Å². The predicted molar refractivity (Wildman–Crippen MR) is 78.4 cm³/mol. The van der Waals surface area contributed by atoms with Crippen molar-refractivity contribution in [2.45, 2.75) is 31.6 Å². The lowest BCUT2D eigenvalue weighted by atomic mass is 10.1. The normalized spacial score (nSPS) is 15.8. The average Bonchev–Trinajstić information content (AvgIpc) is 2.36.